The van der Waals surface area contributed by atoms with Crippen molar-refractivity contribution in [2.45, 2.75) is 49.5 Å². The van der Waals surface area contributed by atoms with E-state index in [1.54, 1.807) is 12.1 Å². The van der Waals surface area contributed by atoms with Crippen LogP contribution in [-0.4, -0.2) is 81.0 Å². The zero-order valence-electron chi connectivity index (χ0n) is 17.4. The Morgan fingerprint density at radius 2 is 1.69 bits per heavy atom. The van der Waals surface area contributed by atoms with E-state index >= 15 is 0 Å². The van der Waals surface area contributed by atoms with E-state index < -0.39 is 37.1 Å². The molecule has 0 aliphatic carbocycles. The van der Waals surface area contributed by atoms with Gasteiger partial charge in [0.1, 0.15) is 42.4 Å². The first-order valence-corrected chi connectivity index (χ1v) is 10.8. The molecule has 0 radical (unpaired) electrons. The maximum atomic E-state index is 10.5. The fourth-order valence-electron chi connectivity index (χ4n) is 3.54. The summed E-state index contributed by atoms with van der Waals surface area (Å²) in [5, 5.41) is 59.4. The Morgan fingerprint density at radius 1 is 0.969 bits per heavy atom. The average molecular weight is 469 g/mol. The molecule has 1 fully saturated rings. The third kappa shape index (κ3) is 6.18. The van der Waals surface area contributed by atoms with Crippen LogP contribution in [0.15, 0.2) is 42.5 Å². The van der Waals surface area contributed by atoms with Gasteiger partial charge in [-0.25, -0.2) is 0 Å². The number of benzene rings is 2. The minimum atomic E-state index is -1.87. The Hall–Kier alpha value is -1.75. The monoisotopic (exact) mass is 468 g/mol. The molecule has 0 spiro atoms. The van der Waals surface area contributed by atoms with Crippen molar-refractivity contribution in [3.63, 3.8) is 0 Å². The molecule has 0 amide bonds. The minimum Gasteiger partial charge on any atom is -0.488 e. The van der Waals surface area contributed by atoms with Crippen LogP contribution in [0, 0.1) is 0 Å². The van der Waals surface area contributed by atoms with Crippen LogP contribution >= 0.6 is 11.6 Å². The van der Waals surface area contributed by atoms with Crippen molar-refractivity contribution in [3.8, 4) is 5.75 Å². The lowest BCUT2D eigenvalue weighted by atomic mass is 9.93. The van der Waals surface area contributed by atoms with E-state index in [1.807, 2.05) is 24.3 Å². The molecular weight excluding hydrogens is 440 g/mol. The molecule has 0 saturated carbocycles. The van der Waals surface area contributed by atoms with Crippen molar-refractivity contribution in [1.82, 2.24) is 0 Å². The predicted molar refractivity (Wildman–Crippen MR) is 117 cm³/mol. The normalized spacial score (nSPS) is 21.0. The van der Waals surface area contributed by atoms with Gasteiger partial charge in [-0.2, -0.15) is 0 Å². The summed E-state index contributed by atoms with van der Waals surface area (Å²) in [6.07, 6.45) is -7.31. The molecule has 6 atom stereocenters. The van der Waals surface area contributed by atoms with E-state index in [2.05, 4.69) is 0 Å². The first-order valence-electron chi connectivity index (χ1n) is 10.4. The molecule has 3 rings (SSSR count). The largest absolute Gasteiger partial charge is 0.488 e. The van der Waals surface area contributed by atoms with Crippen molar-refractivity contribution in [2.24, 2.45) is 0 Å². The Balaban J connectivity index is 1.68. The summed E-state index contributed by atoms with van der Waals surface area (Å²) in [7, 11) is 0. The van der Waals surface area contributed by atoms with Crippen LogP contribution in [-0.2, 0) is 11.2 Å². The van der Waals surface area contributed by atoms with Gasteiger partial charge < -0.3 is 40.1 Å². The molecule has 9 heteroatoms. The first-order chi connectivity index (χ1) is 15.3. The molecule has 1 aliphatic heterocycles. The second kappa shape index (κ2) is 11.4. The van der Waals surface area contributed by atoms with E-state index in [9.17, 15) is 25.5 Å². The van der Waals surface area contributed by atoms with Crippen LogP contribution in [0.1, 0.15) is 29.2 Å². The standard InChI is InChI=1S/C23H29ClO8/c24-18-6-3-14(20(27)22(29)23(30)21(28)19(26)11-25)10-15(18)9-13-1-4-16(5-2-13)32-17-7-8-31-12-17/h1-6,10,17,19-23,25-30H,7-9,11-12H2/t17?,19?,20?,21-,22+,23+/m1/s1. The summed E-state index contributed by atoms with van der Waals surface area (Å²) in [4.78, 5) is 0. The third-order valence-corrected chi connectivity index (χ3v) is 5.89. The highest BCUT2D eigenvalue weighted by atomic mass is 35.5. The number of halogens is 1. The van der Waals surface area contributed by atoms with Gasteiger partial charge in [0.05, 0.1) is 19.8 Å². The smallest absolute Gasteiger partial charge is 0.124 e. The van der Waals surface area contributed by atoms with Crippen molar-refractivity contribution < 1.29 is 40.1 Å². The molecule has 1 aliphatic rings. The van der Waals surface area contributed by atoms with Crippen molar-refractivity contribution in [2.75, 3.05) is 19.8 Å². The van der Waals surface area contributed by atoms with Crippen LogP contribution < -0.4 is 4.74 Å². The van der Waals surface area contributed by atoms with Crippen LogP contribution in [0.2, 0.25) is 5.02 Å². The van der Waals surface area contributed by atoms with Crippen LogP contribution in [0.4, 0.5) is 0 Å². The van der Waals surface area contributed by atoms with Gasteiger partial charge in [0.2, 0.25) is 0 Å². The fraction of sp³-hybridized carbons (Fsp3) is 0.478. The van der Waals surface area contributed by atoms with E-state index in [0.29, 0.717) is 30.2 Å². The number of aliphatic hydroxyl groups excluding tert-OH is 6. The van der Waals surface area contributed by atoms with E-state index in [1.165, 1.54) is 6.07 Å². The molecule has 0 bridgehead atoms. The van der Waals surface area contributed by atoms with E-state index in [4.69, 9.17) is 26.2 Å². The van der Waals surface area contributed by atoms with Gasteiger partial charge in [-0.15, -0.1) is 0 Å². The van der Waals surface area contributed by atoms with Crippen molar-refractivity contribution in [1.29, 1.82) is 0 Å². The van der Waals surface area contributed by atoms with E-state index in [-0.39, 0.29) is 11.7 Å². The van der Waals surface area contributed by atoms with Gasteiger partial charge in [0, 0.05) is 11.4 Å². The molecule has 1 heterocycles. The second-order valence-electron chi connectivity index (χ2n) is 7.94. The second-order valence-corrected chi connectivity index (χ2v) is 8.35. The van der Waals surface area contributed by atoms with Crippen LogP contribution in [0.5, 0.6) is 5.75 Å². The Morgan fingerprint density at radius 3 is 2.31 bits per heavy atom. The zero-order valence-corrected chi connectivity index (χ0v) is 18.2. The zero-order chi connectivity index (χ0) is 23.3. The van der Waals surface area contributed by atoms with Gasteiger partial charge >= 0.3 is 0 Å². The number of rotatable bonds is 10. The van der Waals surface area contributed by atoms with Gasteiger partial charge in [-0.05, 0) is 41.3 Å². The highest BCUT2D eigenvalue weighted by molar-refractivity contribution is 6.31. The molecule has 2 aromatic carbocycles. The number of aliphatic hydroxyl groups is 6. The molecule has 1 saturated heterocycles. The van der Waals surface area contributed by atoms with Gasteiger partial charge in [0.25, 0.3) is 0 Å². The summed E-state index contributed by atoms with van der Waals surface area (Å²) < 4.78 is 11.2. The predicted octanol–water partition coefficient (Wildman–Crippen LogP) is 0.568. The molecule has 6 N–H and O–H groups in total. The van der Waals surface area contributed by atoms with Gasteiger partial charge in [0.15, 0.2) is 0 Å². The Bertz CT molecular complexity index is 856. The highest BCUT2D eigenvalue weighted by Crippen LogP contribution is 2.28. The maximum Gasteiger partial charge on any atom is 0.124 e. The molecule has 2 aromatic rings. The minimum absolute atomic E-state index is 0.0623. The summed E-state index contributed by atoms with van der Waals surface area (Å²) in [5.41, 5.74) is 1.93. The summed E-state index contributed by atoms with van der Waals surface area (Å²) in [6.45, 7) is 0.490. The molecule has 0 aromatic heterocycles. The Labute approximate surface area is 191 Å². The maximum absolute atomic E-state index is 10.5. The van der Waals surface area contributed by atoms with Gasteiger partial charge in [-0.1, -0.05) is 35.9 Å². The topological polar surface area (TPSA) is 140 Å². The summed E-state index contributed by atoms with van der Waals surface area (Å²) in [5.74, 6) is 0.750. The number of hydrogen-bond donors (Lipinski definition) is 6. The molecular formula is C23H29ClO8. The number of hydrogen-bond acceptors (Lipinski definition) is 8. The van der Waals surface area contributed by atoms with Crippen molar-refractivity contribution in [3.05, 3.63) is 64.2 Å². The first kappa shape index (κ1) is 24.9. The molecule has 176 valence electrons. The lowest BCUT2D eigenvalue weighted by Gasteiger charge is -2.28. The van der Waals surface area contributed by atoms with Crippen LogP contribution in [0.3, 0.4) is 0 Å². The third-order valence-electron chi connectivity index (χ3n) is 5.52. The van der Waals surface area contributed by atoms with E-state index in [0.717, 1.165) is 17.7 Å². The van der Waals surface area contributed by atoms with Gasteiger partial charge in [-0.3, -0.25) is 0 Å². The summed E-state index contributed by atoms with van der Waals surface area (Å²) >= 11 is 6.32. The lowest BCUT2D eigenvalue weighted by molar-refractivity contribution is -0.141. The van der Waals surface area contributed by atoms with Crippen molar-refractivity contribution >= 4 is 11.6 Å². The molecule has 8 nitrogen and oxygen atoms in total. The highest BCUT2D eigenvalue weighted by Gasteiger charge is 2.34. The fourth-order valence-corrected chi connectivity index (χ4v) is 3.72. The lowest BCUT2D eigenvalue weighted by Crippen LogP contribution is -2.47. The molecule has 32 heavy (non-hydrogen) atoms. The Kier molecular flexibility index (Phi) is 8.87. The SMILES string of the molecule is OCC(O)[C@@H](O)[C@H](O)[C@@H](O)C(O)c1ccc(Cl)c(Cc2ccc(OC3CCOC3)cc2)c1. The summed E-state index contributed by atoms with van der Waals surface area (Å²) in [6, 6.07) is 12.2. The molecule has 3 unspecified atom stereocenters. The number of ether oxygens (including phenoxy) is 2. The quantitative estimate of drug-likeness (QED) is 0.297. The average Bonchev–Trinajstić information content (AvgIpc) is 3.32. The van der Waals surface area contributed by atoms with Crippen LogP contribution in [0.25, 0.3) is 0 Å².